The van der Waals surface area contributed by atoms with E-state index in [2.05, 4.69) is 0 Å². The van der Waals surface area contributed by atoms with Gasteiger partial charge in [-0.15, -0.1) is 0 Å². The fourth-order valence-corrected chi connectivity index (χ4v) is 1.94. The maximum absolute atomic E-state index is 5.97. The van der Waals surface area contributed by atoms with Gasteiger partial charge in [-0.25, -0.2) is 0 Å². The maximum Gasteiger partial charge on any atom is 0.211 e. The highest BCUT2D eigenvalue weighted by molar-refractivity contribution is 5.58. The lowest BCUT2D eigenvalue weighted by atomic mass is 10.2. The Morgan fingerprint density at radius 2 is 0.810 bits per heavy atom. The second-order valence-electron chi connectivity index (χ2n) is 4.09. The van der Waals surface area contributed by atoms with Crippen LogP contribution in [0.15, 0.2) is 36.4 Å². The second kappa shape index (κ2) is 6.74. The highest BCUT2D eigenvalue weighted by Crippen LogP contribution is 2.46. The zero-order valence-corrected chi connectivity index (χ0v) is 12.5. The van der Waals surface area contributed by atoms with Crippen LogP contribution in [0.2, 0.25) is 0 Å². The number of ether oxygens (including phenoxy) is 5. The molecule has 0 heterocycles. The van der Waals surface area contributed by atoms with E-state index in [0.29, 0.717) is 34.5 Å². The van der Waals surface area contributed by atoms with Gasteiger partial charge in [-0.05, 0) is 24.3 Å². The fraction of sp³-hybridized carbons (Fsp3) is 0.250. The summed E-state index contributed by atoms with van der Waals surface area (Å²) in [5.74, 6) is 3.16. The van der Waals surface area contributed by atoms with Gasteiger partial charge >= 0.3 is 0 Å². The van der Waals surface area contributed by atoms with Gasteiger partial charge in [0.2, 0.25) is 11.5 Å². The lowest BCUT2D eigenvalue weighted by Gasteiger charge is -2.17. The second-order valence-corrected chi connectivity index (χ2v) is 4.09. The van der Waals surface area contributed by atoms with Crippen LogP contribution in [0.3, 0.4) is 0 Å². The first-order valence-electron chi connectivity index (χ1n) is 6.35. The summed E-state index contributed by atoms with van der Waals surface area (Å²) in [6.45, 7) is 0. The summed E-state index contributed by atoms with van der Waals surface area (Å²) in [4.78, 5) is 0. The summed E-state index contributed by atoms with van der Waals surface area (Å²) in [7, 11) is 6.28. The molecule has 0 N–H and O–H groups in total. The van der Waals surface area contributed by atoms with Crippen molar-refractivity contribution in [3.63, 3.8) is 0 Å². The smallest absolute Gasteiger partial charge is 0.211 e. The summed E-state index contributed by atoms with van der Waals surface area (Å²) < 4.78 is 27.2. The SMILES string of the molecule is COc1cccc(OC)c1Oc1c(OC)cccc1OC. The van der Waals surface area contributed by atoms with Crippen molar-refractivity contribution in [3.8, 4) is 34.5 Å². The third-order valence-corrected chi connectivity index (χ3v) is 2.97. The summed E-state index contributed by atoms with van der Waals surface area (Å²) in [6.07, 6.45) is 0. The Balaban J connectivity index is 2.52. The Kier molecular flexibility index (Phi) is 4.77. The van der Waals surface area contributed by atoms with E-state index in [9.17, 15) is 0 Å². The van der Waals surface area contributed by atoms with Crippen molar-refractivity contribution in [2.75, 3.05) is 28.4 Å². The van der Waals surface area contributed by atoms with Gasteiger partial charge in [0.1, 0.15) is 0 Å². The van der Waals surface area contributed by atoms with E-state index in [1.807, 2.05) is 12.1 Å². The van der Waals surface area contributed by atoms with Crippen LogP contribution in [0, 0.1) is 0 Å². The highest BCUT2D eigenvalue weighted by Gasteiger charge is 2.18. The first kappa shape index (κ1) is 14.8. The zero-order valence-electron chi connectivity index (χ0n) is 12.5. The van der Waals surface area contributed by atoms with Crippen LogP contribution in [0.5, 0.6) is 34.5 Å². The van der Waals surface area contributed by atoms with Crippen molar-refractivity contribution < 1.29 is 23.7 Å². The summed E-state index contributed by atoms with van der Waals surface area (Å²) in [6, 6.07) is 10.8. The molecule has 21 heavy (non-hydrogen) atoms. The molecule has 0 radical (unpaired) electrons. The molecule has 2 aromatic rings. The lowest BCUT2D eigenvalue weighted by Crippen LogP contribution is -1.98. The van der Waals surface area contributed by atoms with Gasteiger partial charge in [-0.3, -0.25) is 0 Å². The molecule has 0 aliphatic carbocycles. The van der Waals surface area contributed by atoms with Crippen molar-refractivity contribution >= 4 is 0 Å². The van der Waals surface area contributed by atoms with E-state index in [0.717, 1.165) is 0 Å². The summed E-state index contributed by atoms with van der Waals surface area (Å²) >= 11 is 0. The van der Waals surface area contributed by atoms with Crippen LogP contribution in [0.4, 0.5) is 0 Å². The first-order valence-corrected chi connectivity index (χ1v) is 6.35. The number of benzene rings is 2. The molecule has 112 valence electrons. The standard InChI is InChI=1S/C16H18O5/c1-17-11-7-5-8-12(18-2)15(11)21-16-13(19-3)9-6-10-14(16)20-4/h5-10H,1-4H3. The Hall–Kier alpha value is -2.56. The average molecular weight is 290 g/mol. The molecule has 0 aliphatic rings. The van der Waals surface area contributed by atoms with Gasteiger partial charge in [0, 0.05) is 0 Å². The Bertz CT molecular complexity index is 512. The topological polar surface area (TPSA) is 46.2 Å². The largest absolute Gasteiger partial charge is 0.493 e. The minimum absolute atomic E-state index is 0.463. The molecular weight excluding hydrogens is 272 g/mol. The molecule has 0 unspecified atom stereocenters. The molecule has 0 atom stereocenters. The van der Waals surface area contributed by atoms with Crippen LogP contribution in [0.25, 0.3) is 0 Å². The van der Waals surface area contributed by atoms with Crippen LogP contribution in [-0.4, -0.2) is 28.4 Å². The van der Waals surface area contributed by atoms with Gasteiger partial charge in [-0.2, -0.15) is 0 Å². The van der Waals surface area contributed by atoms with Crippen molar-refractivity contribution in [1.29, 1.82) is 0 Å². The fourth-order valence-electron chi connectivity index (χ4n) is 1.94. The lowest BCUT2D eigenvalue weighted by molar-refractivity contribution is 0.317. The minimum Gasteiger partial charge on any atom is -0.493 e. The van der Waals surface area contributed by atoms with Crippen molar-refractivity contribution in [3.05, 3.63) is 36.4 Å². The normalized spacial score (nSPS) is 9.90. The first-order chi connectivity index (χ1) is 10.2. The van der Waals surface area contributed by atoms with E-state index in [1.165, 1.54) is 0 Å². The zero-order chi connectivity index (χ0) is 15.2. The monoisotopic (exact) mass is 290 g/mol. The molecule has 0 spiro atoms. The van der Waals surface area contributed by atoms with Gasteiger partial charge in [-0.1, -0.05) is 12.1 Å². The van der Waals surface area contributed by atoms with E-state index < -0.39 is 0 Å². The van der Waals surface area contributed by atoms with E-state index in [-0.39, 0.29) is 0 Å². The number of para-hydroxylation sites is 2. The minimum atomic E-state index is 0.463. The van der Waals surface area contributed by atoms with Crippen molar-refractivity contribution in [1.82, 2.24) is 0 Å². The van der Waals surface area contributed by atoms with E-state index in [4.69, 9.17) is 23.7 Å². The van der Waals surface area contributed by atoms with Crippen LogP contribution in [0.1, 0.15) is 0 Å². The third kappa shape index (κ3) is 2.97. The number of hydrogen-bond donors (Lipinski definition) is 0. The summed E-state index contributed by atoms with van der Waals surface area (Å²) in [5, 5.41) is 0. The molecule has 0 aliphatic heterocycles. The van der Waals surface area contributed by atoms with Crippen molar-refractivity contribution in [2.24, 2.45) is 0 Å². The van der Waals surface area contributed by atoms with Gasteiger partial charge in [0.25, 0.3) is 0 Å². The van der Waals surface area contributed by atoms with Crippen LogP contribution in [-0.2, 0) is 0 Å². The molecule has 5 nitrogen and oxygen atoms in total. The molecule has 2 rings (SSSR count). The average Bonchev–Trinajstić information content (AvgIpc) is 2.55. The van der Waals surface area contributed by atoms with E-state index in [1.54, 1.807) is 52.7 Å². The molecule has 0 amide bonds. The maximum atomic E-state index is 5.97. The quantitative estimate of drug-likeness (QED) is 0.814. The third-order valence-electron chi connectivity index (χ3n) is 2.97. The van der Waals surface area contributed by atoms with E-state index >= 15 is 0 Å². The number of hydrogen-bond acceptors (Lipinski definition) is 5. The van der Waals surface area contributed by atoms with Crippen LogP contribution >= 0.6 is 0 Å². The molecule has 5 heteroatoms. The number of rotatable bonds is 6. The number of methoxy groups -OCH3 is 4. The Labute approximate surface area is 124 Å². The van der Waals surface area contributed by atoms with Gasteiger partial charge in [0.05, 0.1) is 28.4 Å². The van der Waals surface area contributed by atoms with Crippen molar-refractivity contribution in [2.45, 2.75) is 0 Å². The highest BCUT2D eigenvalue weighted by atomic mass is 16.6. The molecule has 0 bridgehead atoms. The Morgan fingerprint density at radius 1 is 0.524 bits per heavy atom. The molecule has 0 fully saturated rings. The van der Waals surface area contributed by atoms with Crippen LogP contribution < -0.4 is 23.7 Å². The van der Waals surface area contributed by atoms with Gasteiger partial charge < -0.3 is 23.7 Å². The molecule has 0 aromatic heterocycles. The van der Waals surface area contributed by atoms with Gasteiger partial charge in [0.15, 0.2) is 23.0 Å². The predicted octanol–water partition coefficient (Wildman–Crippen LogP) is 3.51. The molecule has 0 saturated heterocycles. The Morgan fingerprint density at radius 3 is 1.05 bits per heavy atom. The summed E-state index contributed by atoms with van der Waals surface area (Å²) in [5.41, 5.74) is 0. The molecule has 2 aromatic carbocycles. The molecular formula is C16H18O5. The molecule has 0 saturated carbocycles. The predicted molar refractivity (Wildman–Crippen MR) is 79.2 cm³/mol.